The van der Waals surface area contributed by atoms with Gasteiger partial charge in [0.05, 0.1) is 16.1 Å². The van der Waals surface area contributed by atoms with Crippen LogP contribution < -0.4 is 15.2 Å². The number of rotatable bonds is 3. The highest BCUT2D eigenvalue weighted by Gasteiger charge is 2.36. The highest BCUT2D eigenvalue weighted by molar-refractivity contribution is 7.93. The van der Waals surface area contributed by atoms with E-state index in [1.165, 1.54) is 24.3 Å². The van der Waals surface area contributed by atoms with Crippen LogP contribution in [0.4, 0.5) is 10.1 Å². The molecule has 9 heteroatoms. The van der Waals surface area contributed by atoms with E-state index in [0.29, 0.717) is 11.1 Å². The lowest BCUT2D eigenvalue weighted by molar-refractivity contribution is -0.120. The minimum atomic E-state index is -3.89. The summed E-state index contributed by atoms with van der Waals surface area (Å²) >= 11 is 0. The van der Waals surface area contributed by atoms with Crippen molar-refractivity contribution in [3.8, 4) is 0 Å². The van der Waals surface area contributed by atoms with E-state index in [9.17, 15) is 22.4 Å². The lowest BCUT2D eigenvalue weighted by Gasteiger charge is -2.18. The van der Waals surface area contributed by atoms with Crippen LogP contribution in [0.2, 0.25) is 0 Å². The first kappa shape index (κ1) is 17.9. The number of amides is 2. The molecule has 0 unspecified atom stereocenters. The molecule has 2 amide bonds. The van der Waals surface area contributed by atoms with Crippen LogP contribution in [0.5, 0.6) is 0 Å². The molecule has 0 spiro atoms. The number of nitrogens with zero attached hydrogens (tertiary/aromatic N) is 1. The summed E-state index contributed by atoms with van der Waals surface area (Å²) in [6.07, 6.45) is 0. The lowest BCUT2D eigenvalue weighted by Crippen LogP contribution is -2.47. The van der Waals surface area contributed by atoms with Crippen molar-refractivity contribution in [1.29, 1.82) is 0 Å². The maximum atomic E-state index is 13.6. The SMILES string of the molecule is O=C(CN1c2cccc3cccc(c23)S1(=O)=O)NNC(=O)c1ccccc1F. The van der Waals surface area contributed by atoms with Crippen LogP contribution in [0, 0.1) is 5.82 Å². The zero-order valence-corrected chi connectivity index (χ0v) is 15.2. The van der Waals surface area contributed by atoms with Crippen LogP contribution >= 0.6 is 0 Å². The molecule has 1 aliphatic rings. The van der Waals surface area contributed by atoms with Gasteiger partial charge in [0.25, 0.3) is 21.8 Å². The Labute approximate surface area is 159 Å². The van der Waals surface area contributed by atoms with E-state index >= 15 is 0 Å². The first-order chi connectivity index (χ1) is 13.4. The Balaban J connectivity index is 1.52. The molecule has 0 saturated carbocycles. The Morgan fingerprint density at radius 2 is 1.64 bits per heavy atom. The second-order valence-corrected chi connectivity index (χ2v) is 7.96. The summed E-state index contributed by atoms with van der Waals surface area (Å²) in [5, 5.41) is 1.29. The lowest BCUT2D eigenvalue weighted by atomic mass is 10.1. The fourth-order valence-corrected chi connectivity index (χ4v) is 4.80. The highest BCUT2D eigenvalue weighted by Crippen LogP contribution is 2.41. The van der Waals surface area contributed by atoms with Gasteiger partial charge in [-0.15, -0.1) is 0 Å². The fourth-order valence-electron chi connectivity index (χ4n) is 3.14. The van der Waals surface area contributed by atoms with E-state index in [2.05, 4.69) is 10.9 Å². The number of hydrogen-bond acceptors (Lipinski definition) is 4. The van der Waals surface area contributed by atoms with Gasteiger partial charge in [0.15, 0.2) is 0 Å². The van der Waals surface area contributed by atoms with Crippen molar-refractivity contribution in [2.45, 2.75) is 4.90 Å². The molecule has 0 bridgehead atoms. The van der Waals surface area contributed by atoms with Crippen molar-refractivity contribution >= 4 is 38.3 Å². The van der Waals surface area contributed by atoms with Gasteiger partial charge in [-0.25, -0.2) is 12.8 Å². The van der Waals surface area contributed by atoms with Crippen molar-refractivity contribution in [3.05, 3.63) is 72.0 Å². The Morgan fingerprint density at radius 3 is 2.39 bits per heavy atom. The van der Waals surface area contributed by atoms with Gasteiger partial charge >= 0.3 is 0 Å². The third-order valence-corrected chi connectivity index (χ3v) is 6.20. The standard InChI is InChI=1S/C19H14FN3O4S/c20-14-8-2-1-7-13(14)19(25)22-21-17(24)11-23-15-9-3-5-12-6-4-10-16(18(12)15)28(23,26)27/h1-10H,11H2,(H,21,24)(H,22,25). The van der Waals surface area contributed by atoms with E-state index in [-0.39, 0.29) is 10.5 Å². The highest BCUT2D eigenvalue weighted by atomic mass is 32.2. The van der Waals surface area contributed by atoms with Crippen LogP contribution in [-0.4, -0.2) is 26.8 Å². The molecule has 3 aromatic rings. The molecule has 0 radical (unpaired) electrons. The van der Waals surface area contributed by atoms with Crippen molar-refractivity contribution in [3.63, 3.8) is 0 Å². The van der Waals surface area contributed by atoms with Crippen LogP contribution in [0.25, 0.3) is 10.8 Å². The fraction of sp³-hybridized carbons (Fsp3) is 0.0526. The number of halogens is 1. The summed E-state index contributed by atoms with van der Waals surface area (Å²) in [7, 11) is -3.89. The van der Waals surface area contributed by atoms with Crippen LogP contribution in [0.3, 0.4) is 0 Å². The summed E-state index contributed by atoms with van der Waals surface area (Å²) in [6, 6.07) is 15.3. The maximum Gasteiger partial charge on any atom is 0.272 e. The summed E-state index contributed by atoms with van der Waals surface area (Å²) < 4.78 is 40.2. The molecule has 0 aromatic heterocycles. The molecule has 3 aromatic carbocycles. The van der Waals surface area contributed by atoms with Crippen LogP contribution in [-0.2, 0) is 14.8 Å². The number of hydrogen-bond donors (Lipinski definition) is 2. The van der Waals surface area contributed by atoms with E-state index in [1.807, 2.05) is 0 Å². The van der Waals surface area contributed by atoms with Gasteiger partial charge in [0, 0.05) is 5.39 Å². The Kier molecular flexibility index (Phi) is 4.23. The van der Waals surface area contributed by atoms with Gasteiger partial charge in [-0.05, 0) is 29.7 Å². The molecule has 0 atom stereocenters. The predicted molar refractivity (Wildman–Crippen MR) is 100 cm³/mol. The number of carbonyl (C=O) groups excluding carboxylic acids is 2. The van der Waals surface area contributed by atoms with Gasteiger partial charge in [-0.3, -0.25) is 24.7 Å². The molecule has 2 N–H and O–H groups in total. The molecule has 4 rings (SSSR count). The maximum absolute atomic E-state index is 13.6. The average molecular weight is 399 g/mol. The Bertz CT molecular complexity index is 1220. The minimum absolute atomic E-state index is 0.129. The number of nitrogens with one attached hydrogen (secondary N) is 2. The van der Waals surface area contributed by atoms with Crippen molar-refractivity contribution in [2.24, 2.45) is 0 Å². The normalized spacial score (nSPS) is 14.1. The molecule has 0 saturated heterocycles. The molecule has 28 heavy (non-hydrogen) atoms. The first-order valence-electron chi connectivity index (χ1n) is 8.28. The monoisotopic (exact) mass is 399 g/mol. The Hall–Kier alpha value is -3.46. The van der Waals surface area contributed by atoms with Gasteiger partial charge in [0.2, 0.25) is 0 Å². The van der Waals surface area contributed by atoms with Gasteiger partial charge < -0.3 is 0 Å². The number of benzene rings is 3. The minimum Gasteiger partial charge on any atom is -0.271 e. The second-order valence-electron chi connectivity index (χ2n) is 6.13. The zero-order valence-electron chi connectivity index (χ0n) is 14.3. The molecule has 0 fully saturated rings. The molecule has 142 valence electrons. The first-order valence-corrected chi connectivity index (χ1v) is 9.72. The molecule has 1 aliphatic heterocycles. The predicted octanol–water partition coefficient (Wildman–Crippen LogP) is 1.95. The zero-order chi connectivity index (χ0) is 19.9. The third-order valence-electron chi connectivity index (χ3n) is 4.40. The summed E-state index contributed by atoms with van der Waals surface area (Å²) in [5.74, 6) is -2.35. The van der Waals surface area contributed by atoms with E-state index in [4.69, 9.17) is 0 Å². The second kappa shape index (κ2) is 6.61. The third kappa shape index (κ3) is 2.85. The molecule has 0 aliphatic carbocycles. The molecular formula is C19H14FN3O4S. The topological polar surface area (TPSA) is 95.6 Å². The molecule has 7 nitrogen and oxygen atoms in total. The van der Waals surface area contributed by atoms with Crippen molar-refractivity contribution in [2.75, 3.05) is 10.8 Å². The number of sulfonamides is 1. The molecule has 1 heterocycles. The van der Waals surface area contributed by atoms with E-state index in [1.54, 1.807) is 30.3 Å². The van der Waals surface area contributed by atoms with Gasteiger partial charge in [0.1, 0.15) is 12.4 Å². The molecular weight excluding hydrogens is 385 g/mol. The smallest absolute Gasteiger partial charge is 0.271 e. The summed E-state index contributed by atoms with van der Waals surface area (Å²) in [5.41, 5.74) is 4.36. The van der Waals surface area contributed by atoms with Gasteiger partial charge in [-0.2, -0.15) is 0 Å². The van der Waals surface area contributed by atoms with Crippen molar-refractivity contribution in [1.82, 2.24) is 10.9 Å². The van der Waals surface area contributed by atoms with Crippen LogP contribution in [0.1, 0.15) is 10.4 Å². The average Bonchev–Trinajstić information content (AvgIpc) is 2.90. The Morgan fingerprint density at radius 1 is 0.929 bits per heavy atom. The number of hydrazine groups is 1. The van der Waals surface area contributed by atoms with Crippen molar-refractivity contribution < 1.29 is 22.4 Å². The quantitative estimate of drug-likeness (QED) is 0.658. The number of carbonyl (C=O) groups is 2. The summed E-state index contributed by atoms with van der Waals surface area (Å²) in [6.45, 7) is -0.534. The van der Waals surface area contributed by atoms with E-state index < -0.39 is 34.2 Å². The van der Waals surface area contributed by atoms with E-state index in [0.717, 1.165) is 15.8 Å². The summed E-state index contributed by atoms with van der Waals surface area (Å²) in [4.78, 5) is 24.3. The van der Waals surface area contributed by atoms with Gasteiger partial charge in [-0.1, -0.05) is 36.4 Å². The number of anilines is 1. The largest absolute Gasteiger partial charge is 0.272 e. The van der Waals surface area contributed by atoms with Crippen LogP contribution in [0.15, 0.2) is 65.6 Å².